The Bertz CT molecular complexity index is 771. The second-order valence-electron chi connectivity index (χ2n) is 6.54. The zero-order valence-corrected chi connectivity index (χ0v) is 15.8. The molecule has 7 heteroatoms. The molecule has 6 nitrogen and oxygen atoms in total. The van der Waals surface area contributed by atoms with Gasteiger partial charge in [0, 0.05) is 39.1 Å². The minimum Gasteiger partial charge on any atom is -0.335 e. The summed E-state index contributed by atoms with van der Waals surface area (Å²) >= 11 is 6.13. The monoisotopic (exact) mass is 374 g/mol. The average Bonchev–Trinajstić information content (AvgIpc) is 2.89. The van der Waals surface area contributed by atoms with Gasteiger partial charge in [0.1, 0.15) is 5.69 Å². The molecule has 1 atom stereocenters. The minimum atomic E-state index is -0.178. The molecule has 1 aromatic heterocycles. The summed E-state index contributed by atoms with van der Waals surface area (Å²) in [5.41, 5.74) is 1.46. The maximum atomic E-state index is 12.9. The summed E-state index contributed by atoms with van der Waals surface area (Å²) in [7, 11) is 1.70. The first-order valence-corrected chi connectivity index (χ1v) is 9.19. The van der Waals surface area contributed by atoms with E-state index in [4.69, 9.17) is 11.6 Å². The predicted molar refractivity (Wildman–Crippen MR) is 99.8 cm³/mol. The lowest BCUT2D eigenvalue weighted by molar-refractivity contribution is -0.133. The van der Waals surface area contributed by atoms with Gasteiger partial charge >= 0.3 is 0 Å². The maximum Gasteiger partial charge on any atom is 0.273 e. The highest BCUT2D eigenvalue weighted by molar-refractivity contribution is 6.33. The van der Waals surface area contributed by atoms with Crippen LogP contribution in [0.5, 0.6) is 0 Å². The molecule has 1 saturated heterocycles. The molecule has 1 unspecified atom stereocenters. The molecule has 2 aromatic rings. The van der Waals surface area contributed by atoms with Gasteiger partial charge in [-0.15, -0.1) is 0 Å². The molecule has 0 N–H and O–H groups in total. The fourth-order valence-corrected chi connectivity index (χ4v) is 3.60. The Labute approximate surface area is 158 Å². The first kappa shape index (κ1) is 18.5. The quantitative estimate of drug-likeness (QED) is 0.826. The van der Waals surface area contributed by atoms with Gasteiger partial charge in [0.05, 0.1) is 11.2 Å². The van der Waals surface area contributed by atoms with Gasteiger partial charge in [-0.3, -0.25) is 14.3 Å². The van der Waals surface area contributed by atoms with Crippen LogP contribution >= 0.6 is 11.6 Å². The minimum absolute atomic E-state index is 0.0267. The molecule has 26 heavy (non-hydrogen) atoms. The Morgan fingerprint density at radius 2 is 2.04 bits per heavy atom. The summed E-state index contributed by atoms with van der Waals surface area (Å²) in [6.45, 7) is 3.49. The molecule has 0 bridgehead atoms. The molecule has 1 aromatic carbocycles. The van der Waals surface area contributed by atoms with Crippen LogP contribution < -0.4 is 0 Å². The van der Waals surface area contributed by atoms with Crippen molar-refractivity contribution < 1.29 is 9.59 Å². The molecule has 0 aliphatic carbocycles. The molecular weight excluding hydrogens is 352 g/mol. The summed E-state index contributed by atoms with van der Waals surface area (Å²) in [5, 5.41) is 4.38. The molecule has 1 fully saturated rings. The van der Waals surface area contributed by atoms with Crippen molar-refractivity contribution in [1.82, 2.24) is 19.6 Å². The number of rotatable bonds is 4. The normalized spacial score (nSPS) is 18.1. The lowest BCUT2D eigenvalue weighted by atomic mass is 10.1. The van der Waals surface area contributed by atoms with Gasteiger partial charge in [-0.1, -0.05) is 48.9 Å². The Hall–Kier alpha value is -2.34. The zero-order valence-electron chi connectivity index (χ0n) is 15.1. The topological polar surface area (TPSA) is 58.4 Å². The van der Waals surface area contributed by atoms with Gasteiger partial charge in [-0.05, 0) is 12.0 Å². The van der Waals surface area contributed by atoms with Crippen molar-refractivity contribution in [2.24, 2.45) is 7.05 Å². The summed E-state index contributed by atoms with van der Waals surface area (Å²) in [6, 6.07) is 9.91. The fraction of sp³-hybridized carbons (Fsp3) is 0.421. The van der Waals surface area contributed by atoms with E-state index in [0.717, 1.165) is 12.0 Å². The third-order valence-corrected chi connectivity index (χ3v) is 5.12. The molecule has 1 aliphatic heterocycles. The summed E-state index contributed by atoms with van der Waals surface area (Å²) in [5.74, 6) is -0.102. The Morgan fingerprint density at radius 1 is 1.31 bits per heavy atom. The van der Waals surface area contributed by atoms with Crippen LogP contribution in [0.25, 0.3) is 0 Å². The number of benzene rings is 1. The number of hydrogen-bond acceptors (Lipinski definition) is 3. The lowest BCUT2D eigenvalue weighted by Gasteiger charge is -2.31. The van der Waals surface area contributed by atoms with E-state index < -0.39 is 0 Å². The van der Waals surface area contributed by atoms with E-state index in [1.807, 2.05) is 42.2 Å². The van der Waals surface area contributed by atoms with Crippen LogP contribution in [0.4, 0.5) is 0 Å². The molecule has 2 heterocycles. The number of hydrogen-bond donors (Lipinski definition) is 0. The second-order valence-corrected chi connectivity index (χ2v) is 6.94. The first-order valence-electron chi connectivity index (χ1n) is 8.81. The van der Waals surface area contributed by atoms with Gasteiger partial charge < -0.3 is 9.80 Å². The van der Waals surface area contributed by atoms with Crippen molar-refractivity contribution in [3.05, 3.63) is 52.8 Å². The molecule has 2 amide bonds. The zero-order chi connectivity index (χ0) is 18.7. The molecule has 3 rings (SSSR count). The predicted octanol–water partition coefficient (Wildman–Crippen LogP) is 2.73. The van der Waals surface area contributed by atoms with Gasteiger partial charge in [0.2, 0.25) is 5.91 Å². The van der Waals surface area contributed by atoms with Crippen LogP contribution in [0, 0.1) is 0 Å². The first-order chi connectivity index (χ1) is 12.5. The standard InChI is InChI=1S/C19H23ClN4O2/c1-3-15-13-23(19(26)18-16(20)11-21-22(18)2)10-9-17(25)24(15)12-14-7-5-4-6-8-14/h4-8,11,15H,3,9-10,12-13H2,1-2H3. The second kappa shape index (κ2) is 7.91. The van der Waals surface area contributed by atoms with E-state index in [9.17, 15) is 9.59 Å². The third-order valence-electron chi connectivity index (χ3n) is 4.84. The Kier molecular flexibility index (Phi) is 5.61. The molecule has 1 aliphatic rings. The number of amides is 2. The van der Waals surface area contributed by atoms with Crippen LogP contribution in [-0.2, 0) is 18.4 Å². The van der Waals surface area contributed by atoms with Crippen LogP contribution in [0.1, 0.15) is 35.8 Å². The van der Waals surface area contributed by atoms with Crippen molar-refractivity contribution in [2.45, 2.75) is 32.4 Å². The molecular formula is C19H23ClN4O2. The summed E-state index contributed by atoms with van der Waals surface area (Å²) < 4.78 is 1.49. The fourth-order valence-electron chi connectivity index (χ4n) is 3.35. The SMILES string of the molecule is CCC1CN(C(=O)c2c(Cl)cnn2C)CCC(=O)N1Cc1ccccc1. The van der Waals surface area contributed by atoms with Gasteiger partial charge in [-0.2, -0.15) is 5.10 Å². The molecule has 0 radical (unpaired) electrons. The van der Waals surface area contributed by atoms with Gasteiger partial charge in [0.25, 0.3) is 5.91 Å². The van der Waals surface area contributed by atoms with E-state index in [0.29, 0.717) is 36.8 Å². The number of aromatic nitrogens is 2. The van der Waals surface area contributed by atoms with E-state index in [1.54, 1.807) is 11.9 Å². The lowest BCUT2D eigenvalue weighted by Crippen LogP contribution is -2.44. The summed E-state index contributed by atoms with van der Waals surface area (Å²) in [4.78, 5) is 29.3. The Balaban J connectivity index is 1.81. The van der Waals surface area contributed by atoms with Crippen LogP contribution in [0.3, 0.4) is 0 Å². The maximum absolute atomic E-state index is 12.9. The molecule has 138 valence electrons. The van der Waals surface area contributed by atoms with Gasteiger partial charge in [0.15, 0.2) is 0 Å². The highest BCUT2D eigenvalue weighted by Gasteiger charge is 2.32. The molecule has 0 spiro atoms. The van der Waals surface area contributed by atoms with Crippen molar-refractivity contribution in [3.63, 3.8) is 0 Å². The number of carbonyl (C=O) groups excluding carboxylic acids is 2. The smallest absolute Gasteiger partial charge is 0.273 e. The van der Waals surface area contributed by atoms with E-state index >= 15 is 0 Å². The van der Waals surface area contributed by atoms with E-state index in [2.05, 4.69) is 5.10 Å². The number of nitrogens with zero attached hydrogens (tertiary/aromatic N) is 4. The van der Waals surface area contributed by atoms with Crippen molar-refractivity contribution in [1.29, 1.82) is 0 Å². The van der Waals surface area contributed by atoms with Crippen molar-refractivity contribution in [2.75, 3.05) is 13.1 Å². The van der Waals surface area contributed by atoms with Crippen LogP contribution in [0.15, 0.2) is 36.5 Å². The van der Waals surface area contributed by atoms with Crippen LogP contribution in [0.2, 0.25) is 5.02 Å². The highest BCUT2D eigenvalue weighted by atomic mass is 35.5. The number of aryl methyl sites for hydroxylation is 1. The summed E-state index contributed by atoms with van der Waals surface area (Å²) in [6.07, 6.45) is 2.56. The third kappa shape index (κ3) is 3.75. The van der Waals surface area contributed by atoms with Crippen molar-refractivity contribution in [3.8, 4) is 0 Å². The highest BCUT2D eigenvalue weighted by Crippen LogP contribution is 2.21. The Morgan fingerprint density at radius 3 is 2.65 bits per heavy atom. The van der Waals surface area contributed by atoms with Crippen molar-refractivity contribution >= 4 is 23.4 Å². The molecule has 0 saturated carbocycles. The van der Waals surface area contributed by atoms with E-state index in [-0.39, 0.29) is 17.9 Å². The number of carbonyl (C=O) groups is 2. The van der Waals surface area contributed by atoms with Gasteiger partial charge in [-0.25, -0.2) is 0 Å². The largest absolute Gasteiger partial charge is 0.335 e. The van der Waals surface area contributed by atoms with Crippen LogP contribution in [-0.4, -0.2) is 50.5 Å². The van der Waals surface area contributed by atoms with E-state index in [1.165, 1.54) is 10.9 Å². The average molecular weight is 375 g/mol. The number of halogens is 1.